The molecule has 1 atom stereocenters. The van der Waals surface area contributed by atoms with Crippen molar-refractivity contribution in [3.05, 3.63) is 33.4 Å². The van der Waals surface area contributed by atoms with Gasteiger partial charge in [-0.1, -0.05) is 0 Å². The van der Waals surface area contributed by atoms with Crippen molar-refractivity contribution in [1.29, 1.82) is 0 Å². The van der Waals surface area contributed by atoms with Crippen molar-refractivity contribution in [3.8, 4) is 0 Å². The van der Waals surface area contributed by atoms with Crippen molar-refractivity contribution in [3.63, 3.8) is 0 Å². The number of fused-ring (bicyclic) bond motifs is 2. The SMILES string of the molecule is Nc1nc2c(ncn2CC(CO)CCO)c(=O)[nH]1.Nc1nc2c(ncn2COC(CO)CO)c(=O)[nH]1. The fraction of sp³-hybridized carbons (Fsp3) is 0.474. The van der Waals surface area contributed by atoms with Gasteiger partial charge in [0.25, 0.3) is 11.1 Å². The van der Waals surface area contributed by atoms with Crippen LogP contribution in [0, 0.1) is 5.92 Å². The first-order valence-corrected chi connectivity index (χ1v) is 10.8. The van der Waals surface area contributed by atoms with Gasteiger partial charge in [0.1, 0.15) is 12.8 Å². The molecule has 0 aliphatic rings. The smallest absolute Gasteiger partial charge is 0.280 e. The van der Waals surface area contributed by atoms with E-state index in [-0.39, 0.29) is 73.2 Å². The Bertz CT molecular complexity index is 1390. The lowest BCUT2D eigenvalue weighted by Crippen LogP contribution is -2.23. The van der Waals surface area contributed by atoms with E-state index in [9.17, 15) is 14.7 Å². The predicted molar refractivity (Wildman–Crippen MR) is 126 cm³/mol. The van der Waals surface area contributed by atoms with Gasteiger partial charge in [-0.25, -0.2) is 9.97 Å². The predicted octanol–water partition coefficient (Wildman–Crippen LogP) is -3.28. The Morgan fingerprint density at radius 3 is 1.89 bits per heavy atom. The average molecular weight is 508 g/mol. The molecule has 196 valence electrons. The molecule has 0 aliphatic carbocycles. The molecular formula is C19H28N10O7. The second-order valence-electron chi connectivity index (χ2n) is 7.70. The Balaban J connectivity index is 0.000000201. The van der Waals surface area contributed by atoms with E-state index >= 15 is 0 Å². The number of nitrogens with two attached hydrogens (primary N) is 2. The summed E-state index contributed by atoms with van der Waals surface area (Å²) in [7, 11) is 0. The summed E-state index contributed by atoms with van der Waals surface area (Å²) in [5, 5.41) is 35.8. The zero-order valence-corrected chi connectivity index (χ0v) is 19.1. The quantitative estimate of drug-likeness (QED) is 0.104. The van der Waals surface area contributed by atoms with Crippen molar-refractivity contribution < 1.29 is 25.2 Å². The summed E-state index contributed by atoms with van der Waals surface area (Å²) in [5.41, 5.74) is 11.1. The van der Waals surface area contributed by atoms with Crippen LogP contribution in [0.5, 0.6) is 0 Å². The molecule has 4 aromatic rings. The maximum Gasteiger partial charge on any atom is 0.280 e. The van der Waals surface area contributed by atoms with Crippen LogP contribution in [0.25, 0.3) is 22.3 Å². The van der Waals surface area contributed by atoms with Gasteiger partial charge in [0.05, 0.1) is 25.9 Å². The third-order valence-electron chi connectivity index (χ3n) is 5.09. The van der Waals surface area contributed by atoms with Gasteiger partial charge in [0, 0.05) is 25.7 Å². The van der Waals surface area contributed by atoms with Gasteiger partial charge in [-0.15, -0.1) is 0 Å². The molecule has 0 radical (unpaired) electrons. The van der Waals surface area contributed by atoms with Crippen molar-refractivity contribution in [2.24, 2.45) is 5.92 Å². The molecule has 4 rings (SSSR count). The summed E-state index contributed by atoms with van der Waals surface area (Å²) in [6.45, 7) is -0.257. The average Bonchev–Trinajstić information content (AvgIpc) is 3.44. The molecule has 36 heavy (non-hydrogen) atoms. The molecule has 0 saturated carbocycles. The normalized spacial score (nSPS) is 12.2. The summed E-state index contributed by atoms with van der Waals surface area (Å²) >= 11 is 0. The van der Waals surface area contributed by atoms with E-state index < -0.39 is 11.7 Å². The third kappa shape index (κ3) is 6.20. The molecule has 0 aliphatic heterocycles. The zero-order valence-electron chi connectivity index (χ0n) is 19.1. The first-order valence-electron chi connectivity index (χ1n) is 10.8. The number of rotatable bonds is 10. The van der Waals surface area contributed by atoms with E-state index in [0.717, 1.165) is 0 Å². The monoisotopic (exact) mass is 508 g/mol. The number of aliphatic hydroxyl groups is 4. The molecule has 17 heteroatoms. The molecule has 4 heterocycles. The lowest BCUT2D eigenvalue weighted by atomic mass is 10.1. The number of hydrogen-bond acceptors (Lipinski definition) is 13. The third-order valence-corrected chi connectivity index (χ3v) is 5.09. The number of hydrogen-bond donors (Lipinski definition) is 8. The van der Waals surface area contributed by atoms with Crippen LogP contribution in [0.15, 0.2) is 22.2 Å². The maximum absolute atomic E-state index is 11.6. The second-order valence-corrected chi connectivity index (χ2v) is 7.70. The standard InChI is InChI=1S/C10H15N5O3.C9H13N5O4/c11-10-13-8-7(9(18)14-10)12-5-15(8)3-6(4-17)1-2-16;10-9-12-7-6(8(17)13-9)11-3-14(7)4-18-5(1-15)2-16/h5-6,16-17H,1-4H2,(H3,11,13,14,18);3,5,15-16H,1-2,4H2,(H3,10,12,13,17). The summed E-state index contributed by atoms with van der Waals surface area (Å²) in [6, 6.07) is 0. The van der Waals surface area contributed by atoms with E-state index in [2.05, 4.69) is 29.9 Å². The molecule has 17 nitrogen and oxygen atoms in total. The van der Waals surface area contributed by atoms with Crippen LogP contribution >= 0.6 is 0 Å². The molecule has 0 saturated heterocycles. The molecule has 0 bridgehead atoms. The topological polar surface area (TPSA) is 269 Å². The molecular weight excluding hydrogens is 480 g/mol. The number of aliphatic hydroxyl groups excluding tert-OH is 4. The van der Waals surface area contributed by atoms with Gasteiger partial charge in [-0.05, 0) is 6.42 Å². The van der Waals surface area contributed by atoms with Gasteiger partial charge in [0.15, 0.2) is 22.3 Å². The van der Waals surface area contributed by atoms with E-state index in [1.807, 2.05) is 0 Å². The van der Waals surface area contributed by atoms with E-state index in [0.29, 0.717) is 18.6 Å². The number of nitrogen functional groups attached to an aromatic ring is 2. The van der Waals surface area contributed by atoms with Gasteiger partial charge in [-0.3, -0.25) is 24.1 Å². The van der Waals surface area contributed by atoms with Crippen molar-refractivity contribution in [2.45, 2.75) is 25.8 Å². The van der Waals surface area contributed by atoms with Gasteiger partial charge >= 0.3 is 0 Å². The highest BCUT2D eigenvalue weighted by molar-refractivity contribution is 5.71. The van der Waals surface area contributed by atoms with Gasteiger partial charge in [-0.2, -0.15) is 9.97 Å². The van der Waals surface area contributed by atoms with Crippen molar-refractivity contribution >= 4 is 34.2 Å². The van der Waals surface area contributed by atoms with Crippen LogP contribution in [0.4, 0.5) is 11.9 Å². The Morgan fingerprint density at radius 1 is 0.861 bits per heavy atom. The highest BCUT2D eigenvalue weighted by Crippen LogP contribution is 2.12. The zero-order chi connectivity index (χ0) is 26.2. The van der Waals surface area contributed by atoms with Crippen molar-refractivity contribution in [2.75, 3.05) is 37.9 Å². The molecule has 10 N–H and O–H groups in total. The van der Waals surface area contributed by atoms with Crippen LogP contribution in [0.3, 0.4) is 0 Å². The van der Waals surface area contributed by atoms with E-state index in [1.165, 1.54) is 17.2 Å². The number of anilines is 2. The lowest BCUT2D eigenvalue weighted by Gasteiger charge is -2.13. The van der Waals surface area contributed by atoms with Gasteiger partial charge < -0.3 is 41.2 Å². The number of aromatic nitrogens is 8. The number of nitrogens with zero attached hydrogens (tertiary/aromatic N) is 6. The fourth-order valence-corrected chi connectivity index (χ4v) is 3.22. The molecule has 0 aromatic carbocycles. The number of ether oxygens (including phenoxy) is 1. The molecule has 0 amide bonds. The van der Waals surface area contributed by atoms with Crippen molar-refractivity contribution in [1.82, 2.24) is 39.0 Å². The van der Waals surface area contributed by atoms with E-state index in [4.69, 9.17) is 31.5 Å². The van der Waals surface area contributed by atoms with Crippen LogP contribution in [0.2, 0.25) is 0 Å². The number of nitrogens with one attached hydrogen (secondary N) is 2. The highest BCUT2D eigenvalue weighted by Gasteiger charge is 2.14. The van der Waals surface area contributed by atoms with Crippen LogP contribution < -0.4 is 22.6 Å². The maximum atomic E-state index is 11.6. The summed E-state index contributed by atoms with van der Waals surface area (Å²) in [5.74, 6) is -0.109. The number of imidazole rings is 2. The second kappa shape index (κ2) is 12.2. The Hall–Kier alpha value is -3.90. The summed E-state index contributed by atoms with van der Waals surface area (Å²) < 4.78 is 8.31. The lowest BCUT2D eigenvalue weighted by molar-refractivity contribution is -0.0488. The molecule has 1 unspecified atom stereocenters. The minimum atomic E-state index is -0.693. The molecule has 4 aromatic heterocycles. The van der Waals surface area contributed by atoms with Crippen LogP contribution in [-0.4, -0.2) is 92.0 Å². The highest BCUT2D eigenvalue weighted by atomic mass is 16.5. The Morgan fingerprint density at radius 2 is 1.39 bits per heavy atom. The number of aromatic amines is 2. The first kappa shape index (κ1) is 26.7. The fourth-order valence-electron chi connectivity index (χ4n) is 3.22. The Labute approximate surface area is 202 Å². The van der Waals surface area contributed by atoms with Gasteiger partial charge in [0.2, 0.25) is 11.9 Å². The summed E-state index contributed by atoms with van der Waals surface area (Å²) in [6.07, 6.45) is 2.63. The Kier molecular flexibility index (Phi) is 9.03. The summed E-state index contributed by atoms with van der Waals surface area (Å²) in [4.78, 5) is 43.6. The largest absolute Gasteiger partial charge is 0.396 e. The minimum Gasteiger partial charge on any atom is -0.396 e. The number of H-pyrrole nitrogens is 2. The molecule has 0 spiro atoms. The minimum absolute atomic E-state index is 0.00181. The van der Waals surface area contributed by atoms with E-state index in [1.54, 1.807) is 4.57 Å². The van der Waals surface area contributed by atoms with Crippen LogP contribution in [0.1, 0.15) is 6.42 Å². The molecule has 0 fully saturated rings. The first-order chi connectivity index (χ1) is 17.3. The van der Waals surface area contributed by atoms with Crippen LogP contribution in [-0.2, 0) is 18.0 Å².